The first kappa shape index (κ1) is 25.4. The standard InChI is InChI=1S/C28H35N5O3/c1-6-24(34)32-15-13-23(14-16-32)36-22-10-7-20(8-11-22)19(2)30-27-29-17-21-9-12-25(35)33(26(21)31-27)18-28(3,4)5/h6-12,17,19,23H,1,13-16,18H2,2-5H3,(H,29,30,31). The molecule has 1 atom stereocenters. The molecule has 1 aliphatic heterocycles. The Labute approximate surface area is 212 Å². The lowest BCUT2D eigenvalue weighted by Crippen LogP contribution is -2.41. The Morgan fingerprint density at radius 3 is 2.53 bits per heavy atom. The Morgan fingerprint density at radius 1 is 1.19 bits per heavy atom. The van der Waals surface area contributed by atoms with E-state index in [1.165, 1.54) is 6.08 Å². The van der Waals surface area contributed by atoms with Crippen LogP contribution < -0.4 is 15.6 Å². The number of nitrogens with zero attached hydrogens (tertiary/aromatic N) is 4. The number of carbonyl (C=O) groups excluding carboxylic acids is 1. The summed E-state index contributed by atoms with van der Waals surface area (Å²) in [7, 11) is 0. The third-order valence-corrected chi connectivity index (χ3v) is 6.31. The highest BCUT2D eigenvalue weighted by Gasteiger charge is 2.22. The smallest absolute Gasteiger partial charge is 0.252 e. The highest BCUT2D eigenvalue weighted by Crippen LogP contribution is 2.24. The van der Waals surface area contributed by atoms with E-state index >= 15 is 0 Å². The van der Waals surface area contributed by atoms with Gasteiger partial charge in [-0.3, -0.25) is 14.2 Å². The quantitative estimate of drug-likeness (QED) is 0.489. The van der Waals surface area contributed by atoms with Crippen molar-refractivity contribution in [2.24, 2.45) is 5.41 Å². The van der Waals surface area contributed by atoms with Crippen molar-refractivity contribution >= 4 is 22.9 Å². The molecule has 190 valence electrons. The van der Waals surface area contributed by atoms with Gasteiger partial charge in [0, 0.05) is 50.1 Å². The van der Waals surface area contributed by atoms with E-state index in [4.69, 9.17) is 4.74 Å². The minimum atomic E-state index is -0.0660. The molecule has 1 aliphatic rings. The number of carbonyl (C=O) groups is 1. The number of amides is 1. The monoisotopic (exact) mass is 489 g/mol. The van der Waals surface area contributed by atoms with E-state index in [9.17, 15) is 9.59 Å². The first-order chi connectivity index (χ1) is 17.1. The molecule has 3 aromatic rings. The Balaban J connectivity index is 1.42. The fourth-order valence-electron chi connectivity index (χ4n) is 4.40. The van der Waals surface area contributed by atoms with Crippen LogP contribution in [0.2, 0.25) is 0 Å². The molecule has 0 spiro atoms. The zero-order valence-electron chi connectivity index (χ0n) is 21.5. The highest BCUT2D eigenvalue weighted by molar-refractivity contribution is 5.87. The van der Waals surface area contributed by atoms with Crippen molar-refractivity contribution in [2.75, 3.05) is 18.4 Å². The average Bonchev–Trinajstić information content (AvgIpc) is 2.85. The molecule has 1 aromatic carbocycles. The second-order valence-electron chi connectivity index (χ2n) is 10.6. The lowest BCUT2D eigenvalue weighted by atomic mass is 9.97. The first-order valence-electron chi connectivity index (χ1n) is 12.4. The van der Waals surface area contributed by atoms with Crippen LogP contribution in [0.3, 0.4) is 0 Å². The van der Waals surface area contributed by atoms with Gasteiger partial charge < -0.3 is 15.0 Å². The fourth-order valence-corrected chi connectivity index (χ4v) is 4.40. The molecule has 3 heterocycles. The zero-order chi connectivity index (χ0) is 25.9. The number of ether oxygens (including phenoxy) is 1. The van der Waals surface area contributed by atoms with Gasteiger partial charge in [-0.15, -0.1) is 0 Å². The topological polar surface area (TPSA) is 89.4 Å². The molecular weight excluding hydrogens is 454 g/mol. The van der Waals surface area contributed by atoms with Crippen molar-refractivity contribution in [2.45, 2.75) is 59.2 Å². The van der Waals surface area contributed by atoms with Gasteiger partial charge >= 0.3 is 0 Å². The summed E-state index contributed by atoms with van der Waals surface area (Å²) in [5.41, 5.74) is 1.57. The number of hydrogen-bond donors (Lipinski definition) is 1. The second-order valence-corrected chi connectivity index (χ2v) is 10.6. The maximum absolute atomic E-state index is 12.5. The van der Waals surface area contributed by atoms with Crippen molar-refractivity contribution in [1.29, 1.82) is 0 Å². The number of piperidine rings is 1. The van der Waals surface area contributed by atoms with Crippen LogP contribution in [0.1, 0.15) is 52.1 Å². The summed E-state index contributed by atoms with van der Waals surface area (Å²) in [4.78, 5) is 35.3. The van der Waals surface area contributed by atoms with Crippen LogP contribution >= 0.6 is 0 Å². The van der Waals surface area contributed by atoms with Gasteiger partial charge in [0.25, 0.3) is 5.56 Å². The summed E-state index contributed by atoms with van der Waals surface area (Å²) < 4.78 is 7.86. The van der Waals surface area contributed by atoms with E-state index < -0.39 is 0 Å². The van der Waals surface area contributed by atoms with Crippen LogP contribution in [0.15, 0.2) is 60.0 Å². The average molecular weight is 490 g/mol. The molecule has 4 rings (SSSR count). The van der Waals surface area contributed by atoms with Gasteiger partial charge in [-0.05, 0) is 42.2 Å². The number of aromatic nitrogens is 3. The number of likely N-dealkylation sites (tertiary alicyclic amines) is 1. The van der Waals surface area contributed by atoms with Crippen molar-refractivity contribution in [3.05, 3.63) is 71.2 Å². The lowest BCUT2D eigenvalue weighted by molar-refractivity contribution is -0.127. The summed E-state index contributed by atoms with van der Waals surface area (Å²) in [5, 5.41) is 4.19. The van der Waals surface area contributed by atoms with Crippen LogP contribution in [-0.4, -0.2) is 44.5 Å². The molecule has 8 nitrogen and oxygen atoms in total. The molecule has 2 aromatic heterocycles. The van der Waals surface area contributed by atoms with Gasteiger partial charge in [-0.1, -0.05) is 39.5 Å². The van der Waals surface area contributed by atoms with E-state index in [2.05, 4.69) is 42.6 Å². The molecule has 1 unspecified atom stereocenters. The maximum Gasteiger partial charge on any atom is 0.252 e. The number of pyridine rings is 1. The van der Waals surface area contributed by atoms with Crippen LogP contribution in [0, 0.1) is 5.41 Å². The first-order valence-corrected chi connectivity index (χ1v) is 12.4. The molecule has 36 heavy (non-hydrogen) atoms. The molecule has 1 amide bonds. The zero-order valence-corrected chi connectivity index (χ0v) is 21.5. The molecule has 1 N–H and O–H groups in total. The van der Waals surface area contributed by atoms with E-state index in [1.54, 1.807) is 27.8 Å². The predicted molar refractivity (Wildman–Crippen MR) is 142 cm³/mol. The van der Waals surface area contributed by atoms with Crippen LogP contribution in [0.25, 0.3) is 11.0 Å². The SMILES string of the molecule is C=CC(=O)N1CCC(Oc2ccc(C(C)Nc3ncc4ccc(=O)n(CC(C)(C)C)c4n3)cc2)CC1. The van der Waals surface area contributed by atoms with Crippen LogP contribution in [-0.2, 0) is 11.3 Å². The van der Waals surface area contributed by atoms with Gasteiger partial charge in [0.1, 0.15) is 17.5 Å². The van der Waals surface area contributed by atoms with Crippen molar-refractivity contribution < 1.29 is 9.53 Å². The fraction of sp³-hybridized carbons (Fsp3) is 0.429. The summed E-state index contributed by atoms with van der Waals surface area (Å²) >= 11 is 0. The minimum absolute atomic E-state index is 0.0211. The van der Waals surface area contributed by atoms with E-state index in [0.29, 0.717) is 31.2 Å². The molecule has 0 bridgehead atoms. The molecule has 1 fully saturated rings. The Morgan fingerprint density at radius 2 is 1.89 bits per heavy atom. The number of anilines is 1. The molecule has 0 radical (unpaired) electrons. The summed E-state index contributed by atoms with van der Waals surface area (Å²) in [5.74, 6) is 1.27. The van der Waals surface area contributed by atoms with Gasteiger partial charge in [0.2, 0.25) is 11.9 Å². The minimum Gasteiger partial charge on any atom is -0.490 e. The van der Waals surface area contributed by atoms with E-state index in [0.717, 1.165) is 29.5 Å². The van der Waals surface area contributed by atoms with Crippen molar-refractivity contribution in [1.82, 2.24) is 19.4 Å². The highest BCUT2D eigenvalue weighted by atomic mass is 16.5. The second kappa shape index (κ2) is 10.5. The molecular formula is C28H35N5O3. The van der Waals surface area contributed by atoms with Crippen molar-refractivity contribution in [3.8, 4) is 5.75 Å². The van der Waals surface area contributed by atoms with Crippen LogP contribution in [0.5, 0.6) is 5.75 Å². The summed E-state index contributed by atoms with van der Waals surface area (Å²) in [6, 6.07) is 11.3. The van der Waals surface area contributed by atoms with Gasteiger partial charge in [-0.2, -0.15) is 4.98 Å². The van der Waals surface area contributed by atoms with Gasteiger partial charge in [-0.25, -0.2) is 4.98 Å². The Hall–Kier alpha value is -3.68. The largest absolute Gasteiger partial charge is 0.490 e. The van der Waals surface area contributed by atoms with E-state index in [1.807, 2.05) is 31.2 Å². The number of rotatable bonds is 7. The normalized spacial score (nSPS) is 15.5. The predicted octanol–water partition coefficient (Wildman–Crippen LogP) is 4.57. The van der Waals surface area contributed by atoms with E-state index in [-0.39, 0.29) is 29.0 Å². The number of hydrogen-bond acceptors (Lipinski definition) is 6. The summed E-state index contributed by atoms with van der Waals surface area (Å²) in [6.07, 6.45) is 4.82. The number of fused-ring (bicyclic) bond motifs is 1. The molecule has 8 heteroatoms. The maximum atomic E-state index is 12.5. The molecule has 0 aliphatic carbocycles. The van der Waals surface area contributed by atoms with Gasteiger partial charge in [0.05, 0.1) is 6.04 Å². The van der Waals surface area contributed by atoms with Crippen molar-refractivity contribution in [3.63, 3.8) is 0 Å². The van der Waals surface area contributed by atoms with Gasteiger partial charge in [0.15, 0.2) is 0 Å². The Bertz CT molecular complexity index is 1290. The number of benzene rings is 1. The third kappa shape index (κ3) is 6.11. The third-order valence-electron chi connectivity index (χ3n) is 6.31. The number of nitrogens with one attached hydrogen (secondary N) is 1. The molecule has 0 saturated carbocycles. The summed E-state index contributed by atoms with van der Waals surface area (Å²) in [6.45, 7) is 13.8. The molecule has 1 saturated heterocycles. The van der Waals surface area contributed by atoms with Crippen LogP contribution in [0.4, 0.5) is 5.95 Å². The lowest BCUT2D eigenvalue weighted by Gasteiger charge is -2.31. The Kier molecular flexibility index (Phi) is 7.43.